The Morgan fingerprint density at radius 1 is 1.53 bits per heavy atom. The van der Waals surface area contributed by atoms with Gasteiger partial charge >= 0.3 is 0 Å². The molecule has 0 spiro atoms. The van der Waals surface area contributed by atoms with Crippen molar-refractivity contribution in [1.82, 2.24) is 9.78 Å². The number of aromatic nitrogens is 2. The molecule has 5 heteroatoms. The van der Waals surface area contributed by atoms with Crippen LogP contribution in [-0.4, -0.2) is 28.1 Å². The van der Waals surface area contributed by atoms with Crippen molar-refractivity contribution in [2.24, 2.45) is 7.05 Å². The van der Waals surface area contributed by atoms with Gasteiger partial charge in [-0.3, -0.25) is 0 Å². The molecular formula is C10H19N3O2. The van der Waals surface area contributed by atoms with Gasteiger partial charge < -0.3 is 15.6 Å². The van der Waals surface area contributed by atoms with E-state index in [1.165, 1.54) is 0 Å². The molecular weight excluding hydrogens is 194 g/mol. The van der Waals surface area contributed by atoms with Crippen LogP contribution < -0.4 is 10.5 Å². The summed E-state index contributed by atoms with van der Waals surface area (Å²) in [6, 6.07) is 0. The number of anilines is 1. The molecule has 0 radical (unpaired) electrons. The third kappa shape index (κ3) is 2.62. The monoisotopic (exact) mass is 213 g/mol. The molecule has 0 aliphatic heterocycles. The number of aryl methyl sites for hydroxylation is 1. The molecule has 5 nitrogen and oxygen atoms in total. The summed E-state index contributed by atoms with van der Waals surface area (Å²) < 4.78 is 7.10. The van der Waals surface area contributed by atoms with Crippen LogP contribution in [0.15, 0.2) is 0 Å². The van der Waals surface area contributed by atoms with Crippen LogP contribution in [0, 0.1) is 0 Å². The van der Waals surface area contributed by atoms with Crippen LogP contribution in [0.1, 0.15) is 31.9 Å². The van der Waals surface area contributed by atoms with Crippen LogP contribution in [0.25, 0.3) is 0 Å². The van der Waals surface area contributed by atoms with Gasteiger partial charge in [0, 0.05) is 20.1 Å². The highest BCUT2D eigenvalue weighted by Gasteiger charge is 2.16. The van der Waals surface area contributed by atoms with E-state index in [1.807, 2.05) is 13.8 Å². The van der Waals surface area contributed by atoms with Crippen LogP contribution in [0.2, 0.25) is 0 Å². The summed E-state index contributed by atoms with van der Waals surface area (Å²) in [7, 11) is 1.80. The third-order valence-electron chi connectivity index (χ3n) is 2.15. The predicted octanol–water partition coefficient (Wildman–Crippen LogP) is 0.887. The first-order chi connectivity index (χ1) is 7.07. The molecule has 1 rings (SSSR count). The lowest BCUT2D eigenvalue weighted by atomic mass is 10.1. The first kappa shape index (κ1) is 11.8. The number of nitrogens with zero attached hydrogens (tertiary/aromatic N) is 2. The summed E-state index contributed by atoms with van der Waals surface area (Å²) in [4.78, 5) is 0. The van der Waals surface area contributed by atoms with E-state index in [0.29, 0.717) is 24.6 Å². The number of aliphatic hydroxyl groups excluding tert-OH is 1. The molecule has 15 heavy (non-hydrogen) atoms. The van der Waals surface area contributed by atoms with E-state index in [-0.39, 0.29) is 12.5 Å². The van der Waals surface area contributed by atoms with Gasteiger partial charge in [-0.25, -0.2) is 4.68 Å². The molecule has 0 aliphatic rings. The Labute approximate surface area is 89.8 Å². The second-order valence-corrected chi connectivity index (χ2v) is 3.81. The SMILES string of the molecule is CC(C)c1nn(C)c(OCCCO)c1N. The number of nitrogens with two attached hydrogens (primary N) is 1. The molecule has 0 saturated carbocycles. The van der Waals surface area contributed by atoms with Crippen molar-refractivity contribution < 1.29 is 9.84 Å². The average molecular weight is 213 g/mol. The minimum absolute atomic E-state index is 0.120. The Morgan fingerprint density at radius 3 is 2.67 bits per heavy atom. The molecule has 0 aromatic carbocycles. The Balaban J connectivity index is 2.79. The molecule has 1 aromatic heterocycles. The number of rotatable bonds is 5. The Bertz CT molecular complexity index is 321. The lowest BCUT2D eigenvalue weighted by molar-refractivity contribution is 0.224. The molecule has 0 unspecified atom stereocenters. The number of ether oxygens (including phenoxy) is 1. The second-order valence-electron chi connectivity index (χ2n) is 3.81. The van der Waals surface area contributed by atoms with Crippen molar-refractivity contribution in [3.05, 3.63) is 5.69 Å². The van der Waals surface area contributed by atoms with Gasteiger partial charge in [0.05, 0.1) is 12.3 Å². The average Bonchev–Trinajstić information content (AvgIpc) is 2.45. The highest BCUT2D eigenvalue weighted by Crippen LogP contribution is 2.29. The van der Waals surface area contributed by atoms with Crippen LogP contribution in [-0.2, 0) is 7.05 Å². The van der Waals surface area contributed by atoms with Crippen molar-refractivity contribution in [3.8, 4) is 5.88 Å². The van der Waals surface area contributed by atoms with Gasteiger partial charge in [0.1, 0.15) is 5.69 Å². The summed E-state index contributed by atoms with van der Waals surface area (Å²) in [6.07, 6.45) is 0.599. The van der Waals surface area contributed by atoms with Crippen molar-refractivity contribution in [1.29, 1.82) is 0 Å². The largest absolute Gasteiger partial charge is 0.476 e. The van der Waals surface area contributed by atoms with Gasteiger partial charge in [0.25, 0.3) is 0 Å². The van der Waals surface area contributed by atoms with Gasteiger partial charge in [-0.15, -0.1) is 0 Å². The summed E-state index contributed by atoms with van der Waals surface area (Å²) in [5, 5.41) is 12.9. The standard InChI is InChI=1S/C10H19N3O2/c1-7(2)9-8(11)10(13(3)12-9)15-6-4-5-14/h7,14H,4-6,11H2,1-3H3. The summed E-state index contributed by atoms with van der Waals surface area (Å²) in [5.74, 6) is 0.874. The zero-order valence-corrected chi connectivity index (χ0v) is 9.53. The first-order valence-electron chi connectivity index (χ1n) is 5.14. The summed E-state index contributed by atoms with van der Waals surface area (Å²) in [5.41, 5.74) is 7.38. The molecule has 0 fully saturated rings. The zero-order chi connectivity index (χ0) is 11.4. The number of aliphatic hydroxyl groups is 1. The van der Waals surface area contributed by atoms with Crippen LogP contribution in [0.3, 0.4) is 0 Å². The number of nitrogen functional groups attached to an aromatic ring is 1. The van der Waals surface area contributed by atoms with E-state index in [2.05, 4.69) is 5.10 Å². The van der Waals surface area contributed by atoms with Crippen molar-refractivity contribution in [2.45, 2.75) is 26.2 Å². The topological polar surface area (TPSA) is 73.3 Å². The van der Waals surface area contributed by atoms with E-state index in [1.54, 1.807) is 11.7 Å². The zero-order valence-electron chi connectivity index (χ0n) is 9.53. The van der Waals surface area contributed by atoms with E-state index in [0.717, 1.165) is 5.69 Å². The molecule has 0 saturated heterocycles. The van der Waals surface area contributed by atoms with E-state index >= 15 is 0 Å². The summed E-state index contributed by atoms with van der Waals surface area (Å²) >= 11 is 0. The number of hydrogen-bond acceptors (Lipinski definition) is 4. The molecule has 0 bridgehead atoms. The minimum atomic E-state index is 0.120. The Morgan fingerprint density at radius 2 is 2.20 bits per heavy atom. The normalized spacial score (nSPS) is 11.0. The summed E-state index contributed by atoms with van der Waals surface area (Å²) in [6.45, 7) is 4.65. The van der Waals surface area contributed by atoms with Gasteiger partial charge in [-0.1, -0.05) is 13.8 Å². The van der Waals surface area contributed by atoms with Gasteiger partial charge in [0.2, 0.25) is 5.88 Å². The maximum Gasteiger partial charge on any atom is 0.235 e. The van der Waals surface area contributed by atoms with Crippen molar-refractivity contribution >= 4 is 5.69 Å². The molecule has 1 aromatic rings. The molecule has 0 aliphatic carbocycles. The van der Waals surface area contributed by atoms with Crippen LogP contribution in [0.4, 0.5) is 5.69 Å². The van der Waals surface area contributed by atoms with Gasteiger partial charge in [-0.2, -0.15) is 5.10 Å². The fraction of sp³-hybridized carbons (Fsp3) is 0.700. The smallest absolute Gasteiger partial charge is 0.235 e. The maximum atomic E-state index is 8.64. The van der Waals surface area contributed by atoms with E-state index in [4.69, 9.17) is 15.6 Å². The molecule has 86 valence electrons. The van der Waals surface area contributed by atoms with Crippen LogP contribution in [0.5, 0.6) is 5.88 Å². The maximum absolute atomic E-state index is 8.64. The molecule has 1 heterocycles. The second kappa shape index (κ2) is 5.02. The quantitative estimate of drug-likeness (QED) is 0.712. The van der Waals surface area contributed by atoms with E-state index < -0.39 is 0 Å². The lowest BCUT2D eigenvalue weighted by Crippen LogP contribution is -2.05. The van der Waals surface area contributed by atoms with Crippen LogP contribution >= 0.6 is 0 Å². The third-order valence-corrected chi connectivity index (χ3v) is 2.15. The highest BCUT2D eigenvalue weighted by atomic mass is 16.5. The molecule has 3 N–H and O–H groups in total. The van der Waals surface area contributed by atoms with E-state index in [9.17, 15) is 0 Å². The van der Waals surface area contributed by atoms with Crippen molar-refractivity contribution in [3.63, 3.8) is 0 Å². The van der Waals surface area contributed by atoms with Gasteiger partial charge in [0.15, 0.2) is 0 Å². The Hall–Kier alpha value is -1.23. The number of hydrogen-bond donors (Lipinski definition) is 2. The Kier molecular flexibility index (Phi) is 3.96. The van der Waals surface area contributed by atoms with Crippen molar-refractivity contribution in [2.75, 3.05) is 18.9 Å². The fourth-order valence-electron chi connectivity index (χ4n) is 1.38. The predicted molar refractivity (Wildman–Crippen MR) is 58.9 cm³/mol. The van der Waals surface area contributed by atoms with Gasteiger partial charge in [-0.05, 0) is 5.92 Å². The first-order valence-corrected chi connectivity index (χ1v) is 5.14. The molecule has 0 amide bonds. The minimum Gasteiger partial charge on any atom is -0.476 e. The fourth-order valence-corrected chi connectivity index (χ4v) is 1.38. The lowest BCUT2D eigenvalue weighted by Gasteiger charge is -2.06. The molecule has 0 atom stereocenters. The highest BCUT2D eigenvalue weighted by molar-refractivity contribution is 5.54.